The molecule has 0 saturated carbocycles. The van der Waals surface area contributed by atoms with Gasteiger partial charge in [0.25, 0.3) is 5.91 Å². The summed E-state index contributed by atoms with van der Waals surface area (Å²) in [4.78, 5) is 47.0. The molecule has 1 saturated heterocycles. The molecular formula is C22H29ClN4O5S. The summed E-state index contributed by atoms with van der Waals surface area (Å²) in [5.41, 5.74) is 1.36. The lowest BCUT2D eigenvalue weighted by Gasteiger charge is -2.38. The molecule has 3 rings (SSSR count). The van der Waals surface area contributed by atoms with Gasteiger partial charge in [0, 0.05) is 32.5 Å². The number of carboxylic acid groups (broad SMARTS) is 1. The van der Waals surface area contributed by atoms with E-state index in [1.165, 1.54) is 0 Å². The first-order chi connectivity index (χ1) is 15.8. The van der Waals surface area contributed by atoms with Gasteiger partial charge in [0.1, 0.15) is 21.4 Å². The number of ether oxygens (including phenoxy) is 1. The molecule has 1 aromatic heterocycles. The third-order valence-corrected chi connectivity index (χ3v) is 7.13. The average Bonchev–Trinajstić information content (AvgIpc) is 3.42. The maximum Gasteiger partial charge on any atom is 0.348 e. The summed E-state index contributed by atoms with van der Waals surface area (Å²) in [7, 11) is 0. The van der Waals surface area contributed by atoms with Crippen LogP contribution >= 0.6 is 22.9 Å². The Hall–Kier alpha value is -2.30. The minimum atomic E-state index is -1.16. The molecule has 2 atom stereocenters. The van der Waals surface area contributed by atoms with Crippen molar-refractivity contribution in [3.05, 3.63) is 21.3 Å². The predicted octanol–water partition coefficient (Wildman–Crippen LogP) is 3.63. The first-order valence-electron chi connectivity index (χ1n) is 11.2. The Morgan fingerprint density at radius 1 is 1.30 bits per heavy atom. The second kappa shape index (κ2) is 11.2. The zero-order chi connectivity index (χ0) is 24.1. The summed E-state index contributed by atoms with van der Waals surface area (Å²) < 4.78 is 6.04. The van der Waals surface area contributed by atoms with Crippen LogP contribution < -0.4 is 10.2 Å². The Balaban J connectivity index is 1.73. The number of thiazole rings is 1. The van der Waals surface area contributed by atoms with Crippen LogP contribution in [0.15, 0.2) is 15.7 Å². The van der Waals surface area contributed by atoms with E-state index in [0.29, 0.717) is 48.5 Å². The van der Waals surface area contributed by atoms with Crippen molar-refractivity contribution in [3.8, 4) is 0 Å². The zero-order valence-corrected chi connectivity index (χ0v) is 20.6. The number of piperidine rings is 1. The minimum absolute atomic E-state index is 0.00167. The highest BCUT2D eigenvalue weighted by molar-refractivity contribution is 7.17. The normalized spacial score (nSPS) is 20.7. The van der Waals surface area contributed by atoms with Crippen molar-refractivity contribution in [2.24, 2.45) is 4.99 Å². The number of hydrogen-bond acceptors (Lipinski definition) is 8. The molecule has 0 bridgehead atoms. The van der Waals surface area contributed by atoms with Gasteiger partial charge in [-0.3, -0.25) is 9.59 Å². The van der Waals surface area contributed by atoms with Crippen molar-refractivity contribution in [2.75, 3.05) is 24.6 Å². The molecule has 0 aromatic carbocycles. The van der Waals surface area contributed by atoms with E-state index in [1.807, 2.05) is 18.7 Å². The zero-order valence-electron chi connectivity index (χ0n) is 19.0. The Morgan fingerprint density at radius 2 is 2.06 bits per heavy atom. The molecule has 2 aliphatic rings. The number of anilines is 1. The van der Waals surface area contributed by atoms with Crippen LogP contribution in [0.5, 0.6) is 0 Å². The van der Waals surface area contributed by atoms with Crippen molar-refractivity contribution < 1.29 is 24.2 Å². The number of aromatic carboxylic acids is 1. The van der Waals surface area contributed by atoms with Crippen molar-refractivity contribution in [2.45, 2.75) is 65.0 Å². The molecule has 0 spiro atoms. The van der Waals surface area contributed by atoms with Gasteiger partial charge in [0.2, 0.25) is 0 Å². The van der Waals surface area contributed by atoms with Gasteiger partial charge >= 0.3 is 5.97 Å². The Bertz CT molecular complexity index is 989. The summed E-state index contributed by atoms with van der Waals surface area (Å²) in [5, 5.41) is 13.4. The molecule has 0 unspecified atom stereocenters. The van der Waals surface area contributed by atoms with E-state index in [9.17, 15) is 19.5 Å². The molecule has 0 radical (unpaired) electrons. The first-order valence-corrected chi connectivity index (χ1v) is 12.4. The van der Waals surface area contributed by atoms with Crippen LogP contribution in [0.25, 0.3) is 0 Å². The van der Waals surface area contributed by atoms with Crippen LogP contribution in [-0.4, -0.2) is 65.3 Å². The number of carboxylic acids is 1. The molecule has 1 aromatic rings. The summed E-state index contributed by atoms with van der Waals surface area (Å²) in [6.07, 6.45) is 2.46. The molecular weight excluding hydrogens is 468 g/mol. The number of halogens is 1. The smallest absolute Gasteiger partial charge is 0.348 e. The third kappa shape index (κ3) is 5.80. The van der Waals surface area contributed by atoms with Crippen LogP contribution in [0.2, 0.25) is 0 Å². The highest BCUT2D eigenvalue weighted by Gasteiger charge is 2.35. The summed E-state index contributed by atoms with van der Waals surface area (Å²) in [6.45, 7) is 7.14. The molecule has 9 nitrogen and oxygen atoms in total. The van der Waals surface area contributed by atoms with Gasteiger partial charge < -0.3 is 20.1 Å². The highest BCUT2D eigenvalue weighted by atomic mass is 35.5. The van der Waals surface area contributed by atoms with Crippen LogP contribution in [-0.2, 0) is 9.53 Å². The van der Waals surface area contributed by atoms with E-state index in [2.05, 4.69) is 15.3 Å². The molecule has 1 amide bonds. The van der Waals surface area contributed by atoms with Crippen LogP contribution in [0, 0.1) is 0 Å². The number of aliphatic imine (C=N–C) groups is 1. The van der Waals surface area contributed by atoms with Gasteiger partial charge in [0.15, 0.2) is 10.9 Å². The lowest BCUT2D eigenvalue weighted by Crippen LogP contribution is -2.56. The largest absolute Gasteiger partial charge is 0.477 e. The monoisotopic (exact) mass is 496 g/mol. The Labute approximate surface area is 201 Å². The van der Waals surface area contributed by atoms with E-state index in [0.717, 1.165) is 29.8 Å². The molecule has 2 N–H and O–H groups in total. The predicted molar refractivity (Wildman–Crippen MR) is 128 cm³/mol. The van der Waals surface area contributed by atoms with Gasteiger partial charge in [0.05, 0.1) is 12.1 Å². The highest BCUT2D eigenvalue weighted by Crippen LogP contribution is 2.31. The molecule has 3 heterocycles. The number of hydrogen-bond donors (Lipinski definition) is 2. The maximum absolute atomic E-state index is 12.8. The van der Waals surface area contributed by atoms with Crippen LogP contribution in [0.4, 0.5) is 5.13 Å². The molecule has 1 fully saturated rings. The average molecular weight is 497 g/mol. The second-order valence-electron chi connectivity index (χ2n) is 7.96. The van der Waals surface area contributed by atoms with Crippen LogP contribution in [0.3, 0.4) is 0 Å². The Kier molecular flexibility index (Phi) is 8.61. The summed E-state index contributed by atoms with van der Waals surface area (Å²) >= 11 is 7.12. The molecule has 33 heavy (non-hydrogen) atoms. The number of allylic oxidation sites excluding steroid dienone is 1. The lowest BCUT2D eigenvalue weighted by molar-refractivity contribution is -0.117. The minimum Gasteiger partial charge on any atom is -0.477 e. The molecule has 11 heteroatoms. The number of nitrogens with zero attached hydrogens (tertiary/aromatic N) is 3. The Morgan fingerprint density at radius 3 is 2.67 bits per heavy atom. The standard InChI is InChI=1S/C22H29ClN4O5S/c1-4-9-32-16-11-27(22-26-17(15(28)6-3)18(33-22)21(30)31)8-7-13(16)25-20(29)14-10-12(5-2)19(23)24-14/h13,16H,4-11H2,1-3H3,(H,25,29)(H,30,31)/t13-,16+/m1/s1. The van der Waals surface area contributed by atoms with E-state index >= 15 is 0 Å². The van der Waals surface area contributed by atoms with E-state index < -0.39 is 5.97 Å². The van der Waals surface area contributed by atoms with Crippen molar-refractivity contribution >= 4 is 51.4 Å². The number of ketones is 1. The fraction of sp³-hybridized carbons (Fsp3) is 0.591. The molecule has 180 valence electrons. The van der Waals surface area contributed by atoms with Gasteiger partial charge in [-0.2, -0.15) is 0 Å². The number of aromatic nitrogens is 1. The third-order valence-electron chi connectivity index (χ3n) is 5.67. The second-order valence-corrected chi connectivity index (χ2v) is 9.30. The maximum atomic E-state index is 12.8. The fourth-order valence-electron chi connectivity index (χ4n) is 3.80. The van der Waals surface area contributed by atoms with Gasteiger partial charge in [-0.15, -0.1) is 0 Å². The van der Waals surface area contributed by atoms with Crippen LogP contribution in [0.1, 0.15) is 73.0 Å². The van der Waals surface area contributed by atoms with Gasteiger partial charge in [-0.1, -0.05) is 43.7 Å². The summed E-state index contributed by atoms with van der Waals surface area (Å²) in [5.74, 6) is -1.71. The topological polar surface area (TPSA) is 121 Å². The van der Waals surface area contributed by atoms with Crippen molar-refractivity contribution in [1.82, 2.24) is 10.3 Å². The summed E-state index contributed by atoms with van der Waals surface area (Å²) in [6, 6.07) is -0.233. The SMILES string of the molecule is CCCO[C@H]1CN(c2nc(C(=O)CC)c(C(=O)O)s2)CC[C@H]1NC(=O)C1=NC(Cl)=C(CC)C1. The van der Waals surface area contributed by atoms with Crippen molar-refractivity contribution in [3.63, 3.8) is 0 Å². The number of carbonyl (C=O) groups excluding carboxylic acids is 2. The number of carbonyl (C=O) groups is 3. The lowest BCUT2D eigenvalue weighted by atomic mass is 10.0. The van der Waals surface area contributed by atoms with Crippen molar-refractivity contribution in [1.29, 1.82) is 0 Å². The van der Waals surface area contributed by atoms with Gasteiger partial charge in [-0.05, 0) is 24.8 Å². The fourth-order valence-corrected chi connectivity index (χ4v) is 5.07. The molecule has 0 aliphatic carbocycles. The number of nitrogens with one attached hydrogen (secondary N) is 1. The van der Waals surface area contributed by atoms with E-state index in [-0.39, 0.29) is 40.8 Å². The van der Waals surface area contributed by atoms with Gasteiger partial charge in [-0.25, -0.2) is 14.8 Å². The quantitative estimate of drug-likeness (QED) is 0.374. The number of rotatable bonds is 10. The van der Waals surface area contributed by atoms with E-state index in [1.54, 1.807) is 6.92 Å². The first kappa shape index (κ1) is 25.3. The number of amides is 1. The molecule has 2 aliphatic heterocycles. The van der Waals surface area contributed by atoms with E-state index in [4.69, 9.17) is 16.3 Å². The number of Topliss-reactive ketones (excluding diaryl/α,β-unsaturated/α-hetero) is 1.